The second-order valence-electron chi connectivity index (χ2n) is 4.30. The summed E-state index contributed by atoms with van der Waals surface area (Å²) in [5.41, 5.74) is 1.68. The molecule has 1 unspecified atom stereocenters. The number of carbonyl (C=O) groups excluding carboxylic acids is 1. The largest absolute Gasteiger partial charge is 0.325 e. The summed E-state index contributed by atoms with van der Waals surface area (Å²) in [4.78, 5) is 12.1. The number of carbonyl (C=O) groups is 1. The first-order chi connectivity index (χ1) is 9.45. The lowest BCUT2D eigenvalue weighted by molar-refractivity contribution is -0.115. The monoisotopic (exact) mass is 327 g/mol. The number of nitrogens with one attached hydrogen (secondary N) is 1. The summed E-state index contributed by atoms with van der Waals surface area (Å²) in [5.74, 6) is -0.0808. The fraction of sp³-hybridized carbons (Fsp3) is 0.308. The molecule has 0 radical (unpaired) electrons. The standard InChI is InChI=1S/C13H14ClN3OS2/c1-7-4-5-10(6-11(7)14)15-12(18)8(2)19-13-17-16-9(3)20-13/h4-6,8H,1-3H3,(H,15,18). The number of nitrogens with zero attached hydrogens (tertiary/aromatic N) is 2. The van der Waals surface area contributed by atoms with Crippen LogP contribution in [0, 0.1) is 13.8 Å². The second kappa shape index (κ2) is 6.56. The topological polar surface area (TPSA) is 54.9 Å². The number of anilines is 1. The lowest BCUT2D eigenvalue weighted by Crippen LogP contribution is -2.22. The Kier molecular flexibility index (Phi) is 5.01. The van der Waals surface area contributed by atoms with E-state index in [-0.39, 0.29) is 11.2 Å². The normalized spacial score (nSPS) is 12.2. The van der Waals surface area contributed by atoms with Crippen molar-refractivity contribution in [2.45, 2.75) is 30.4 Å². The number of thioether (sulfide) groups is 1. The maximum atomic E-state index is 12.1. The van der Waals surface area contributed by atoms with E-state index < -0.39 is 0 Å². The third-order valence-electron chi connectivity index (χ3n) is 2.59. The van der Waals surface area contributed by atoms with Gasteiger partial charge in [-0.25, -0.2) is 0 Å². The van der Waals surface area contributed by atoms with Gasteiger partial charge in [0.15, 0.2) is 4.34 Å². The molecule has 1 aromatic heterocycles. The van der Waals surface area contributed by atoms with Gasteiger partial charge in [-0.05, 0) is 38.5 Å². The van der Waals surface area contributed by atoms with E-state index in [2.05, 4.69) is 15.5 Å². The molecule has 7 heteroatoms. The number of halogens is 1. The van der Waals surface area contributed by atoms with Crippen LogP contribution in [-0.2, 0) is 4.79 Å². The summed E-state index contributed by atoms with van der Waals surface area (Å²) in [7, 11) is 0. The highest BCUT2D eigenvalue weighted by atomic mass is 35.5. The van der Waals surface area contributed by atoms with Gasteiger partial charge in [0.05, 0.1) is 5.25 Å². The van der Waals surface area contributed by atoms with Gasteiger partial charge in [0.2, 0.25) is 5.91 Å². The molecule has 4 nitrogen and oxygen atoms in total. The molecule has 106 valence electrons. The van der Waals surface area contributed by atoms with Crippen molar-refractivity contribution in [1.29, 1.82) is 0 Å². The minimum Gasteiger partial charge on any atom is -0.325 e. The van der Waals surface area contributed by atoms with Crippen molar-refractivity contribution in [3.63, 3.8) is 0 Å². The molecule has 0 aliphatic heterocycles. The zero-order valence-electron chi connectivity index (χ0n) is 11.3. The number of hydrogen-bond donors (Lipinski definition) is 1. The minimum absolute atomic E-state index is 0.0808. The van der Waals surface area contributed by atoms with Crippen LogP contribution in [-0.4, -0.2) is 21.4 Å². The first kappa shape index (κ1) is 15.3. The average Bonchev–Trinajstić information content (AvgIpc) is 2.79. The molecule has 20 heavy (non-hydrogen) atoms. The molecule has 1 atom stereocenters. The van der Waals surface area contributed by atoms with Gasteiger partial charge >= 0.3 is 0 Å². The van der Waals surface area contributed by atoms with Crippen molar-refractivity contribution < 1.29 is 4.79 Å². The van der Waals surface area contributed by atoms with Gasteiger partial charge in [0, 0.05) is 10.7 Å². The van der Waals surface area contributed by atoms with Crippen LogP contribution in [0.2, 0.25) is 5.02 Å². The van der Waals surface area contributed by atoms with Gasteiger partial charge in [-0.3, -0.25) is 4.79 Å². The fourth-order valence-corrected chi connectivity index (χ4v) is 3.59. The van der Waals surface area contributed by atoms with Crippen LogP contribution in [0.25, 0.3) is 0 Å². The van der Waals surface area contributed by atoms with Gasteiger partial charge in [-0.15, -0.1) is 10.2 Å². The molecule has 0 bridgehead atoms. The molecule has 0 spiro atoms. The molecule has 1 N–H and O–H groups in total. The van der Waals surface area contributed by atoms with Crippen LogP contribution in [0.1, 0.15) is 17.5 Å². The first-order valence-corrected chi connectivity index (χ1v) is 8.07. The van der Waals surface area contributed by atoms with E-state index in [0.29, 0.717) is 10.7 Å². The Bertz CT molecular complexity index is 630. The molecule has 0 aliphatic carbocycles. The molecule has 1 heterocycles. The predicted molar refractivity (Wildman–Crippen MR) is 84.8 cm³/mol. The quantitative estimate of drug-likeness (QED) is 0.864. The Hall–Kier alpha value is -1.11. The van der Waals surface area contributed by atoms with Crippen molar-refractivity contribution in [2.75, 3.05) is 5.32 Å². The summed E-state index contributed by atoms with van der Waals surface area (Å²) in [5, 5.41) is 12.1. The lowest BCUT2D eigenvalue weighted by atomic mass is 10.2. The molecule has 0 saturated carbocycles. The highest BCUT2D eigenvalue weighted by molar-refractivity contribution is 8.02. The van der Waals surface area contributed by atoms with Crippen molar-refractivity contribution in [3.8, 4) is 0 Å². The number of aromatic nitrogens is 2. The summed E-state index contributed by atoms with van der Waals surface area (Å²) >= 11 is 8.92. The van der Waals surface area contributed by atoms with E-state index in [4.69, 9.17) is 11.6 Å². The van der Waals surface area contributed by atoms with E-state index in [1.165, 1.54) is 23.1 Å². The number of amides is 1. The van der Waals surface area contributed by atoms with Gasteiger partial charge in [0.25, 0.3) is 0 Å². The van der Waals surface area contributed by atoms with Crippen LogP contribution in [0.5, 0.6) is 0 Å². The molecule has 2 aromatic rings. The molecule has 0 aliphatic rings. The molecule has 0 fully saturated rings. The number of aryl methyl sites for hydroxylation is 2. The van der Waals surface area contributed by atoms with Crippen molar-refractivity contribution >= 4 is 46.3 Å². The Morgan fingerprint density at radius 1 is 1.40 bits per heavy atom. The highest BCUT2D eigenvalue weighted by Gasteiger charge is 2.17. The minimum atomic E-state index is -0.248. The second-order valence-corrected chi connectivity index (χ2v) is 7.48. The third-order valence-corrected chi connectivity index (χ3v) is 5.02. The van der Waals surface area contributed by atoms with Crippen LogP contribution < -0.4 is 5.32 Å². The third kappa shape index (κ3) is 3.94. The molecule has 0 saturated heterocycles. The molecule has 2 rings (SSSR count). The SMILES string of the molecule is Cc1nnc(SC(C)C(=O)Nc2ccc(C)c(Cl)c2)s1. The summed E-state index contributed by atoms with van der Waals surface area (Å²) < 4.78 is 0.798. The average molecular weight is 328 g/mol. The van der Waals surface area contributed by atoms with Crippen LogP contribution in [0.3, 0.4) is 0 Å². The highest BCUT2D eigenvalue weighted by Crippen LogP contribution is 2.27. The summed E-state index contributed by atoms with van der Waals surface area (Å²) in [6, 6.07) is 5.47. The Labute approximate surface area is 130 Å². The van der Waals surface area contributed by atoms with Crippen molar-refractivity contribution in [1.82, 2.24) is 10.2 Å². The van der Waals surface area contributed by atoms with E-state index in [1.54, 1.807) is 6.07 Å². The van der Waals surface area contributed by atoms with Crippen molar-refractivity contribution in [2.24, 2.45) is 0 Å². The number of rotatable bonds is 4. The van der Waals surface area contributed by atoms with Gasteiger partial charge in [-0.1, -0.05) is 40.8 Å². The predicted octanol–water partition coefficient (Wildman–Crippen LogP) is 3.93. The van der Waals surface area contributed by atoms with E-state index in [1.807, 2.05) is 32.9 Å². The Morgan fingerprint density at radius 3 is 2.75 bits per heavy atom. The summed E-state index contributed by atoms with van der Waals surface area (Å²) in [6.45, 7) is 5.65. The Morgan fingerprint density at radius 2 is 2.15 bits per heavy atom. The zero-order chi connectivity index (χ0) is 14.7. The fourth-order valence-electron chi connectivity index (χ4n) is 1.45. The van der Waals surface area contributed by atoms with E-state index in [0.717, 1.165) is 14.9 Å². The van der Waals surface area contributed by atoms with Gasteiger partial charge in [-0.2, -0.15) is 0 Å². The van der Waals surface area contributed by atoms with Crippen molar-refractivity contribution in [3.05, 3.63) is 33.8 Å². The van der Waals surface area contributed by atoms with Gasteiger partial charge < -0.3 is 5.32 Å². The molecular formula is C13H14ClN3OS2. The summed E-state index contributed by atoms with van der Waals surface area (Å²) in [6.07, 6.45) is 0. The zero-order valence-corrected chi connectivity index (χ0v) is 13.7. The van der Waals surface area contributed by atoms with E-state index in [9.17, 15) is 4.79 Å². The lowest BCUT2D eigenvalue weighted by Gasteiger charge is -2.11. The van der Waals surface area contributed by atoms with Crippen LogP contribution in [0.4, 0.5) is 5.69 Å². The maximum absolute atomic E-state index is 12.1. The van der Waals surface area contributed by atoms with Crippen LogP contribution in [0.15, 0.2) is 22.5 Å². The molecular weight excluding hydrogens is 314 g/mol. The smallest absolute Gasteiger partial charge is 0.237 e. The first-order valence-electron chi connectivity index (χ1n) is 5.99. The number of benzene rings is 1. The number of hydrogen-bond acceptors (Lipinski definition) is 5. The van der Waals surface area contributed by atoms with Crippen LogP contribution >= 0.6 is 34.7 Å². The molecule has 1 amide bonds. The van der Waals surface area contributed by atoms with E-state index >= 15 is 0 Å². The molecule has 1 aromatic carbocycles. The Balaban J connectivity index is 1.98. The maximum Gasteiger partial charge on any atom is 0.237 e. The van der Waals surface area contributed by atoms with Gasteiger partial charge in [0.1, 0.15) is 5.01 Å².